The van der Waals surface area contributed by atoms with Crippen LogP contribution >= 0.6 is 0 Å². The molecule has 3 rings (SSSR count). The third-order valence-electron chi connectivity index (χ3n) is 3.19. The zero-order chi connectivity index (χ0) is 14.7. The molecule has 0 spiro atoms. The van der Waals surface area contributed by atoms with E-state index in [1.807, 2.05) is 55.5 Å². The number of hydrogen-bond acceptors (Lipinski definition) is 3. The molecule has 1 aromatic heterocycles. The van der Waals surface area contributed by atoms with Crippen molar-refractivity contribution in [3.8, 4) is 22.8 Å². The molecule has 0 aliphatic heterocycles. The molecule has 3 heteroatoms. The highest BCUT2D eigenvalue weighted by molar-refractivity contribution is 5.75. The molecule has 0 N–H and O–H groups in total. The van der Waals surface area contributed by atoms with Gasteiger partial charge in [-0.15, -0.1) is 0 Å². The molecule has 1 heterocycles. The van der Waals surface area contributed by atoms with Crippen LogP contribution in [0.15, 0.2) is 65.1 Å². The van der Waals surface area contributed by atoms with Crippen LogP contribution in [0.1, 0.15) is 16.1 Å². The minimum absolute atomic E-state index is 0.305. The number of para-hydroxylation sites is 1. The molecule has 0 saturated heterocycles. The Bertz CT molecular complexity index is 757. The predicted octanol–water partition coefficient (Wildman–Crippen LogP) is 4.86. The molecule has 0 aliphatic rings. The fourth-order valence-corrected chi connectivity index (χ4v) is 2.21. The summed E-state index contributed by atoms with van der Waals surface area (Å²) in [6.07, 6.45) is 0.694. The second-order valence-electron chi connectivity index (χ2n) is 4.68. The first kappa shape index (κ1) is 13.2. The van der Waals surface area contributed by atoms with Crippen molar-refractivity contribution in [2.24, 2.45) is 0 Å². The summed E-state index contributed by atoms with van der Waals surface area (Å²) in [6.45, 7) is 1.98. The quantitative estimate of drug-likeness (QED) is 0.640. The van der Waals surface area contributed by atoms with Crippen molar-refractivity contribution in [2.45, 2.75) is 6.92 Å². The standard InChI is InChI=1S/C18H14O3/c1-13-6-5-9-16(20-14-7-3-2-4-8-14)18(13)17-11-10-15(12-19)21-17/h2-12H,1H3. The Labute approximate surface area is 122 Å². The number of furan rings is 1. The molecule has 3 nitrogen and oxygen atoms in total. The molecule has 0 amide bonds. The molecule has 0 atom stereocenters. The molecular weight excluding hydrogens is 264 g/mol. The molecule has 104 valence electrons. The number of hydrogen-bond donors (Lipinski definition) is 0. The van der Waals surface area contributed by atoms with E-state index >= 15 is 0 Å². The van der Waals surface area contributed by atoms with Crippen molar-refractivity contribution >= 4 is 6.29 Å². The topological polar surface area (TPSA) is 39.4 Å². The van der Waals surface area contributed by atoms with Crippen molar-refractivity contribution in [1.82, 2.24) is 0 Å². The smallest absolute Gasteiger partial charge is 0.185 e. The number of ether oxygens (including phenoxy) is 1. The molecular formula is C18H14O3. The largest absolute Gasteiger partial charge is 0.457 e. The Morgan fingerprint density at radius 1 is 0.952 bits per heavy atom. The van der Waals surface area contributed by atoms with Crippen LogP contribution in [0.25, 0.3) is 11.3 Å². The van der Waals surface area contributed by atoms with Gasteiger partial charge in [-0.25, -0.2) is 0 Å². The number of aryl methyl sites for hydroxylation is 1. The Morgan fingerprint density at radius 2 is 1.76 bits per heavy atom. The van der Waals surface area contributed by atoms with E-state index in [1.165, 1.54) is 0 Å². The average molecular weight is 278 g/mol. The van der Waals surface area contributed by atoms with Gasteiger partial charge in [0.2, 0.25) is 0 Å². The van der Waals surface area contributed by atoms with Gasteiger partial charge in [0, 0.05) is 0 Å². The fourth-order valence-electron chi connectivity index (χ4n) is 2.21. The normalized spacial score (nSPS) is 10.3. The molecule has 0 aliphatic carbocycles. The molecule has 3 aromatic rings. The molecule has 0 radical (unpaired) electrons. The molecule has 2 aromatic carbocycles. The summed E-state index contributed by atoms with van der Waals surface area (Å²) in [7, 11) is 0. The highest BCUT2D eigenvalue weighted by Crippen LogP contribution is 2.36. The van der Waals surface area contributed by atoms with Gasteiger partial charge < -0.3 is 9.15 Å². The summed E-state index contributed by atoms with van der Waals surface area (Å²) in [5, 5.41) is 0. The third kappa shape index (κ3) is 2.72. The van der Waals surface area contributed by atoms with E-state index in [-0.39, 0.29) is 0 Å². The van der Waals surface area contributed by atoms with Crippen LogP contribution < -0.4 is 4.74 Å². The van der Waals surface area contributed by atoms with Gasteiger partial charge in [0.15, 0.2) is 12.0 Å². The zero-order valence-corrected chi connectivity index (χ0v) is 11.6. The van der Waals surface area contributed by atoms with Crippen LogP contribution in [0.5, 0.6) is 11.5 Å². The number of rotatable bonds is 4. The van der Waals surface area contributed by atoms with Crippen LogP contribution in [-0.4, -0.2) is 6.29 Å². The Hall–Kier alpha value is -2.81. The first-order valence-electron chi connectivity index (χ1n) is 6.66. The summed E-state index contributed by atoms with van der Waals surface area (Å²) in [5.41, 5.74) is 1.88. The van der Waals surface area contributed by atoms with Crippen molar-refractivity contribution < 1.29 is 13.9 Å². The zero-order valence-electron chi connectivity index (χ0n) is 11.6. The van der Waals surface area contributed by atoms with Crippen molar-refractivity contribution in [1.29, 1.82) is 0 Å². The number of carbonyl (C=O) groups excluding carboxylic acids is 1. The van der Waals surface area contributed by atoms with Gasteiger partial charge in [-0.3, -0.25) is 4.79 Å². The van der Waals surface area contributed by atoms with Gasteiger partial charge in [-0.2, -0.15) is 0 Å². The first-order chi connectivity index (χ1) is 10.3. The molecule has 0 bridgehead atoms. The molecule has 21 heavy (non-hydrogen) atoms. The van der Waals surface area contributed by atoms with Crippen LogP contribution in [0, 0.1) is 6.92 Å². The van der Waals surface area contributed by atoms with Crippen molar-refractivity contribution in [2.75, 3.05) is 0 Å². The molecule has 0 saturated carbocycles. The lowest BCUT2D eigenvalue weighted by molar-refractivity contribution is 0.110. The van der Waals surface area contributed by atoms with E-state index in [1.54, 1.807) is 12.1 Å². The summed E-state index contributed by atoms with van der Waals surface area (Å²) >= 11 is 0. The van der Waals surface area contributed by atoms with E-state index in [9.17, 15) is 4.79 Å². The highest BCUT2D eigenvalue weighted by Gasteiger charge is 2.14. The van der Waals surface area contributed by atoms with E-state index in [2.05, 4.69) is 0 Å². The SMILES string of the molecule is Cc1cccc(Oc2ccccc2)c1-c1ccc(C=O)o1. The minimum Gasteiger partial charge on any atom is -0.457 e. The number of benzene rings is 2. The number of aldehydes is 1. The Morgan fingerprint density at radius 3 is 2.48 bits per heavy atom. The first-order valence-corrected chi connectivity index (χ1v) is 6.66. The monoisotopic (exact) mass is 278 g/mol. The van der Waals surface area contributed by atoms with Gasteiger partial charge in [-0.1, -0.05) is 30.3 Å². The average Bonchev–Trinajstić information content (AvgIpc) is 2.97. The highest BCUT2D eigenvalue weighted by atomic mass is 16.5. The van der Waals surface area contributed by atoms with Crippen molar-refractivity contribution in [3.63, 3.8) is 0 Å². The molecule has 0 fully saturated rings. The summed E-state index contributed by atoms with van der Waals surface area (Å²) in [6, 6.07) is 18.8. The van der Waals surface area contributed by atoms with E-state index in [0.29, 0.717) is 23.6 Å². The summed E-state index contributed by atoms with van der Waals surface area (Å²) < 4.78 is 11.5. The second kappa shape index (κ2) is 5.67. The van der Waals surface area contributed by atoms with Crippen LogP contribution in [-0.2, 0) is 0 Å². The third-order valence-corrected chi connectivity index (χ3v) is 3.19. The number of carbonyl (C=O) groups is 1. The second-order valence-corrected chi connectivity index (χ2v) is 4.68. The van der Waals surface area contributed by atoms with Crippen molar-refractivity contribution in [3.05, 3.63) is 72.0 Å². The summed E-state index contributed by atoms with van der Waals surface area (Å²) in [5.74, 6) is 2.39. The lowest BCUT2D eigenvalue weighted by atomic mass is 10.1. The summed E-state index contributed by atoms with van der Waals surface area (Å²) in [4.78, 5) is 10.8. The predicted molar refractivity (Wildman–Crippen MR) is 80.8 cm³/mol. The van der Waals surface area contributed by atoms with E-state index in [4.69, 9.17) is 9.15 Å². The lowest BCUT2D eigenvalue weighted by Crippen LogP contribution is -1.90. The van der Waals surface area contributed by atoms with Crippen LogP contribution in [0.4, 0.5) is 0 Å². The van der Waals surface area contributed by atoms with Crippen LogP contribution in [0.3, 0.4) is 0 Å². The maximum Gasteiger partial charge on any atom is 0.185 e. The Kier molecular flexibility index (Phi) is 3.56. The van der Waals surface area contributed by atoms with Crippen LogP contribution in [0.2, 0.25) is 0 Å². The Balaban J connectivity index is 2.05. The van der Waals surface area contributed by atoms with Gasteiger partial charge in [-0.05, 0) is 42.8 Å². The maximum absolute atomic E-state index is 10.8. The van der Waals surface area contributed by atoms with Gasteiger partial charge in [0.1, 0.15) is 17.3 Å². The molecule has 0 unspecified atom stereocenters. The maximum atomic E-state index is 10.8. The van der Waals surface area contributed by atoms with E-state index < -0.39 is 0 Å². The lowest BCUT2D eigenvalue weighted by Gasteiger charge is -2.12. The fraction of sp³-hybridized carbons (Fsp3) is 0.0556. The van der Waals surface area contributed by atoms with E-state index in [0.717, 1.165) is 16.9 Å². The van der Waals surface area contributed by atoms with Gasteiger partial charge in [0.25, 0.3) is 0 Å². The van der Waals surface area contributed by atoms with Gasteiger partial charge >= 0.3 is 0 Å². The minimum atomic E-state index is 0.305. The van der Waals surface area contributed by atoms with Gasteiger partial charge in [0.05, 0.1) is 5.56 Å².